The number of anilines is 2. The molecule has 0 spiro atoms. The molecule has 0 aliphatic heterocycles. The summed E-state index contributed by atoms with van der Waals surface area (Å²) in [4.78, 5) is 50.9. The van der Waals surface area contributed by atoms with E-state index in [1.165, 1.54) is 55.9 Å². The molecule has 4 rings (SSSR count). The largest absolute Gasteiger partial charge is 0.491 e. The Hall–Kier alpha value is -6.45. The van der Waals surface area contributed by atoms with Gasteiger partial charge in [0, 0.05) is 29.1 Å². The summed E-state index contributed by atoms with van der Waals surface area (Å²) in [7, 11) is 2.32. The number of nitrogens with two attached hydrogens (primary N) is 1. The number of amides is 3. The SMILES string of the molecule is COC(=O)Nc1nccc(-c2ccc(OC[C@@](C)(N)CC(C)C)c(C(F)(F)F)c2)n1.COC(=O)Nc1nccc(-c2ccc(OC[C@](C)(CC(C)C)NC(=O)OC(C)(C)C)c(C(F)(F)F)c2)n1. The molecule has 0 saturated carbocycles. The Morgan fingerprint density at radius 2 is 1.04 bits per heavy atom. The van der Waals surface area contributed by atoms with E-state index in [4.69, 9.17) is 19.9 Å². The van der Waals surface area contributed by atoms with Gasteiger partial charge in [-0.25, -0.2) is 34.3 Å². The van der Waals surface area contributed by atoms with Gasteiger partial charge in [0.2, 0.25) is 11.9 Å². The molecule has 368 valence electrons. The number of aromatic nitrogens is 4. The minimum Gasteiger partial charge on any atom is -0.491 e. The third-order valence-corrected chi connectivity index (χ3v) is 8.91. The molecule has 0 bridgehead atoms. The zero-order valence-corrected chi connectivity index (χ0v) is 39.2. The van der Waals surface area contributed by atoms with E-state index in [1.54, 1.807) is 34.6 Å². The van der Waals surface area contributed by atoms with E-state index in [9.17, 15) is 40.7 Å². The highest BCUT2D eigenvalue weighted by atomic mass is 19.4. The quantitative estimate of drug-likeness (QED) is 0.0646. The summed E-state index contributed by atoms with van der Waals surface area (Å²) in [6.07, 6.45) is -8.04. The number of benzene rings is 2. The summed E-state index contributed by atoms with van der Waals surface area (Å²) < 4.78 is 108. The molecule has 2 aromatic heterocycles. The van der Waals surface area contributed by atoms with Crippen LogP contribution in [-0.2, 0) is 26.6 Å². The van der Waals surface area contributed by atoms with E-state index in [0.717, 1.165) is 19.2 Å². The predicted octanol–water partition coefficient (Wildman–Crippen LogP) is 10.5. The lowest BCUT2D eigenvalue weighted by molar-refractivity contribution is -0.139. The van der Waals surface area contributed by atoms with Crippen LogP contribution < -0.4 is 31.2 Å². The standard InChI is InChI=1S/C25H33F3N4O5.C20H25F3N4O3/c1-15(2)13-24(6,32-22(34)37-23(3,4)5)14-36-19-9-8-16(12-17(19)25(26,27)28)18-10-11-29-20(30-18)31-21(33)35-7;1-12(2)10-19(3,24)11-30-16-6-5-13(9-14(16)20(21,22)23)15-7-8-25-17(26-15)27-18(28)29-4/h8-12,15H,13-14H2,1-7H3,(H,32,34)(H,29,30,31,33);5-9,12H,10-11,24H2,1-4H3,(H,25,26,27,28)/t24-;19-/m00/s1. The molecular formula is C45H58F6N8O8. The first-order valence-electron chi connectivity index (χ1n) is 20.8. The van der Waals surface area contributed by atoms with Crippen LogP contribution in [0.1, 0.15) is 86.3 Å². The maximum Gasteiger partial charge on any atom is 0.419 e. The molecule has 0 fully saturated rings. The highest BCUT2D eigenvalue weighted by molar-refractivity contribution is 5.83. The Bertz CT molecular complexity index is 2300. The zero-order valence-electron chi connectivity index (χ0n) is 39.2. The molecule has 0 aliphatic rings. The second kappa shape index (κ2) is 22.8. The lowest BCUT2D eigenvalue weighted by Crippen LogP contribution is -2.52. The third kappa shape index (κ3) is 18.4. The topological polar surface area (TPSA) is 211 Å². The van der Waals surface area contributed by atoms with Crippen LogP contribution in [0.3, 0.4) is 0 Å². The van der Waals surface area contributed by atoms with Crippen molar-refractivity contribution in [3.63, 3.8) is 0 Å². The second-order valence-corrected chi connectivity index (χ2v) is 17.8. The third-order valence-electron chi connectivity index (χ3n) is 8.91. The first-order valence-corrected chi connectivity index (χ1v) is 20.8. The molecule has 3 amide bonds. The van der Waals surface area contributed by atoms with Crippen molar-refractivity contribution in [2.24, 2.45) is 17.6 Å². The molecule has 0 unspecified atom stereocenters. The van der Waals surface area contributed by atoms with E-state index in [2.05, 4.69) is 45.4 Å². The maximum absolute atomic E-state index is 14.0. The number of methoxy groups -OCH3 is 2. The number of halogens is 6. The van der Waals surface area contributed by atoms with E-state index < -0.39 is 64.2 Å². The monoisotopic (exact) mass is 952 g/mol. The Morgan fingerprint density at radius 3 is 1.42 bits per heavy atom. The van der Waals surface area contributed by atoms with Gasteiger partial charge in [-0.2, -0.15) is 26.3 Å². The van der Waals surface area contributed by atoms with Gasteiger partial charge in [-0.15, -0.1) is 0 Å². The average molecular weight is 953 g/mol. The number of hydrogen-bond donors (Lipinski definition) is 4. The number of alkyl carbamates (subject to hydrolysis) is 1. The lowest BCUT2D eigenvalue weighted by atomic mass is 9.91. The first-order chi connectivity index (χ1) is 30.9. The molecule has 4 aromatic rings. The van der Waals surface area contributed by atoms with Gasteiger partial charge in [0.1, 0.15) is 30.3 Å². The van der Waals surface area contributed by atoms with Crippen LogP contribution in [0.4, 0.5) is 52.6 Å². The number of ether oxygens (including phenoxy) is 5. The van der Waals surface area contributed by atoms with Gasteiger partial charge in [0.25, 0.3) is 0 Å². The predicted molar refractivity (Wildman–Crippen MR) is 237 cm³/mol. The molecule has 16 nitrogen and oxygen atoms in total. The average Bonchev–Trinajstić information content (AvgIpc) is 3.20. The number of carbonyl (C=O) groups excluding carboxylic acids is 3. The number of hydrogen-bond acceptors (Lipinski definition) is 13. The molecule has 0 radical (unpaired) electrons. The molecule has 0 saturated heterocycles. The summed E-state index contributed by atoms with van der Waals surface area (Å²) in [5.41, 5.74) is 2.33. The normalized spacial score (nSPS) is 13.6. The van der Waals surface area contributed by atoms with Crippen LogP contribution in [-0.4, -0.2) is 82.3 Å². The van der Waals surface area contributed by atoms with E-state index in [-0.39, 0.29) is 65.2 Å². The summed E-state index contributed by atoms with van der Waals surface area (Å²) in [6.45, 7) is 16.1. The fraction of sp³-hybridized carbons (Fsp3) is 0.489. The van der Waals surface area contributed by atoms with Crippen molar-refractivity contribution in [1.82, 2.24) is 25.3 Å². The summed E-state index contributed by atoms with van der Waals surface area (Å²) in [6, 6.07) is 9.97. The van der Waals surface area contributed by atoms with Gasteiger partial charge >= 0.3 is 30.6 Å². The van der Waals surface area contributed by atoms with Crippen molar-refractivity contribution in [2.75, 3.05) is 38.1 Å². The summed E-state index contributed by atoms with van der Waals surface area (Å²) >= 11 is 0. The van der Waals surface area contributed by atoms with Crippen LogP contribution in [0, 0.1) is 11.8 Å². The Balaban J connectivity index is 0.000000363. The van der Waals surface area contributed by atoms with Crippen LogP contribution in [0.15, 0.2) is 60.9 Å². The number of alkyl halides is 6. The van der Waals surface area contributed by atoms with Gasteiger partial charge in [-0.05, 0) is 108 Å². The van der Waals surface area contributed by atoms with Gasteiger partial charge < -0.3 is 34.7 Å². The fourth-order valence-corrected chi connectivity index (χ4v) is 6.59. The van der Waals surface area contributed by atoms with Crippen molar-refractivity contribution in [3.05, 3.63) is 72.1 Å². The summed E-state index contributed by atoms with van der Waals surface area (Å²) in [5, 5.41) is 7.28. The highest BCUT2D eigenvalue weighted by Crippen LogP contribution is 2.40. The molecule has 2 heterocycles. The van der Waals surface area contributed by atoms with Crippen molar-refractivity contribution >= 4 is 30.2 Å². The number of rotatable bonds is 15. The van der Waals surface area contributed by atoms with E-state index in [0.29, 0.717) is 12.8 Å². The Morgan fingerprint density at radius 1 is 0.627 bits per heavy atom. The van der Waals surface area contributed by atoms with Gasteiger partial charge in [0.05, 0.1) is 42.3 Å². The molecule has 2 aromatic carbocycles. The van der Waals surface area contributed by atoms with Crippen LogP contribution in [0.2, 0.25) is 0 Å². The van der Waals surface area contributed by atoms with Crippen molar-refractivity contribution in [1.29, 1.82) is 0 Å². The second-order valence-electron chi connectivity index (χ2n) is 17.8. The number of carbonyl (C=O) groups is 3. The van der Waals surface area contributed by atoms with Crippen LogP contribution in [0.5, 0.6) is 11.5 Å². The lowest BCUT2D eigenvalue weighted by Gasteiger charge is -2.33. The van der Waals surface area contributed by atoms with Crippen LogP contribution >= 0.6 is 0 Å². The van der Waals surface area contributed by atoms with E-state index in [1.807, 2.05) is 27.7 Å². The molecule has 22 heteroatoms. The van der Waals surface area contributed by atoms with Gasteiger partial charge in [0.15, 0.2) is 0 Å². The number of nitrogens with one attached hydrogen (secondary N) is 3. The molecule has 5 N–H and O–H groups in total. The maximum atomic E-state index is 14.0. The minimum atomic E-state index is -4.74. The summed E-state index contributed by atoms with van der Waals surface area (Å²) in [5.74, 6) is -0.554. The molecule has 67 heavy (non-hydrogen) atoms. The van der Waals surface area contributed by atoms with Crippen molar-refractivity contribution < 1.29 is 64.4 Å². The molecule has 2 atom stereocenters. The van der Waals surface area contributed by atoms with Crippen molar-refractivity contribution in [3.8, 4) is 34.0 Å². The number of nitrogens with zero attached hydrogens (tertiary/aromatic N) is 4. The fourth-order valence-electron chi connectivity index (χ4n) is 6.59. The van der Waals surface area contributed by atoms with Crippen molar-refractivity contribution in [2.45, 2.75) is 104 Å². The minimum absolute atomic E-state index is 0.0612. The zero-order chi connectivity index (χ0) is 50.5. The van der Waals surface area contributed by atoms with Gasteiger partial charge in [-0.1, -0.05) is 27.7 Å². The van der Waals surface area contributed by atoms with E-state index >= 15 is 0 Å². The Kier molecular flexibility index (Phi) is 18.7. The Labute approximate surface area is 385 Å². The molecule has 0 aliphatic carbocycles. The van der Waals surface area contributed by atoms with Crippen LogP contribution in [0.25, 0.3) is 22.5 Å². The first kappa shape index (κ1) is 54.9. The smallest absolute Gasteiger partial charge is 0.419 e. The highest BCUT2D eigenvalue weighted by Gasteiger charge is 2.38. The molecular weight excluding hydrogens is 895 g/mol. The van der Waals surface area contributed by atoms with Gasteiger partial charge in [-0.3, -0.25) is 10.6 Å².